The van der Waals surface area contributed by atoms with E-state index < -0.39 is 5.60 Å². The summed E-state index contributed by atoms with van der Waals surface area (Å²) >= 11 is 0. The molecule has 2 heteroatoms. The summed E-state index contributed by atoms with van der Waals surface area (Å²) in [6, 6.07) is 8.07. The van der Waals surface area contributed by atoms with E-state index in [1.807, 2.05) is 39.0 Å². The van der Waals surface area contributed by atoms with Gasteiger partial charge in [-0.2, -0.15) is 0 Å². The maximum Gasteiger partial charge on any atom is 0.119 e. The van der Waals surface area contributed by atoms with Gasteiger partial charge in [0.05, 0.1) is 5.60 Å². The molecule has 17 heavy (non-hydrogen) atoms. The summed E-state index contributed by atoms with van der Waals surface area (Å²) in [5.41, 5.74) is 0.472. The molecular formula is C15H24O2. The fourth-order valence-corrected chi connectivity index (χ4v) is 1.36. The summed E-state index contributed by atoms with van der Waals surface area (Å²) in [6.45, 7) is 10.4. The fraction of sp³-hybridized carbons (Fsp3) is 0.600. The molecule has 1 rings (SSSR count). The van der Waals surface area contributed by atoms with Crippen LogP contribution < -0.4 is 4.74 Å². The third kappa shape index (κ3) is 4.04. The molecule has 0 radical (unpaired) electrons. The number of aliphatic hydroxyl groups is 1. The summed E-state index contributed by atoms with van der Waals surface area (Å²) in [4.78, 5) is 0. The Balaban J connectivity index is 2.67. The molecule has 0 aliphatic rings. The van der Waals surface area contributed by atoms with Gasteiger partial charge in [-0.15, -0.1) is 0 Å². The minimum absolute atomic E-state index is 0.177. The smallest absolute Gasteiger partial charge is 0.119 e. The van der Waals surface area contributed by atoms with Crippen LogP contribution in [0.2, 0.25) is 0 Å². The summed E-state index contributed by atoms with van der Waals surface area (Å²) in [5, 5.41) is 10.1. The molecule has 0 bridgehead atoms. The van der Waals surface area contributed by atoms with Crippen LogP contribution in [0.1, 0.15) is 46.1 Å². The molecular weight excluding hydrogens is 212 g/mol. The van der Waals surface area contributed by atoms with Crippen LogP contribution in [0, 0.1) is 5.92 Å². The predicted molar refractivity (Wildman–Crippen MR) is 71.5 cm³/mol. The van der Waals surface area contributed by atoms with E-state index in [2.05, 4.69) is 19.9 Å². The quantitative estimate of drug-likeness (QED) is 0.846. The number of hydrogen-bond acceptors (Lipinski definition) is 2. The Morgan fingerprint density at radius 2 is 1.88 bits per heavy atom. The molecule has 0 heterocycles. The summed E-state index contributed by atoms with van der Waals surface area (Å²) in [7, 11) is 0. The van der Waals surface area contributed by atoms with Crippen LogP contribution in [-0.4, -0.2) is 17.3 Å². The largest absolute Gasteiger partial charge is 0.491 e. The van der Waals surface area contributed by atoms with E-state index in [4.69, 9.17) is 4.74 Å². The Morgan fingerprint density at radius 1 is 1.24 bits per heavy atom. The first-order chi connectivity index (χ1) is 7.83. The average Bonchev–Trinajstić information content (AvgIpc) is 2.26. The van der Waals surface area contributed by atoms with Crippen LogP contribution >= 0.6 is 0 Å². The zero-order valence-corrected chi connectivity index (χ0v) is 11.5. The highest BCUT2D eigenvalue weighted by molar-refractivity contribution is 5.30. The molecule has 0 aliphatic heterocycles. The molecule has 2 nitrogen and oxygen atoms in total. The minimum Gasteiger partial charge on any atom is -0.491 e. The first-order valence-corrected chi connectivity index (χ1v) is 6.28. The topological polar surface area (TPSA) is 29.5 Å². The van der Waals surface area contributed by atoms with E-state index in [-0.39, 0.29) is 5.92 Å². The Morgan fingerprint density at radius 3 is 2.41 bits per heavy atom. The highest BCUT2D eigenvalue weighted by Crippen LogP contribution is 2.22. The Bertz CT molecular complexity index is 354. The molecule has 96 valence electrons. The van der Waals surface area contributed by atoms with Crippen molar-refractivity contribution in [1.82, 2.24) is 0 Å². The third-order valence-corrected chi connectivity index (χ3v) is 3.30. The molecule has 0 spiro atoms. The average molecular weight is 236 g/mol. The van der Waals surface area contributed by atoms with Crippen LogP contribution in [0.3, 0.4) is 0 Å². The van der Waals surface area contributed by atoms with Crippen molar-refractivity contribution in [2.24, 2.45) is 5.92 Å². The molecule has 1 N–H and O–H groups in total. The molecule has 0 fully saturated rings. The number of ether oxygens (including phenoxy) is 1. The number of hydrogen-bond donors (Lipinski definition) is 1. The highest BCUT2D eigenvalue weighted by atomic mass is 16.5. The normalized spacial score (nSPS) is 15.1. The Labute approximate surface area is 105 Å². The first-order valence-electron chi connectivity index (χ1n) is 6.28. The molecule has 1 aromatic rings. The zero-order chi connectivity index (χ0) is 13.1. The number of benzene rings is 1. The molecule has 0 saturated carbocycles. The second-order valence-corrected chi connectivity index (χ2v) is 5.53. The Kier molecular flexibility index (Phi) is 4.58. The van der Waals surface area contributed by atoms with Crippen molar-refractivity contribution in [1.29, 1.82) is 0 Å². The molecule has 0 aliphatic carbocycles. The van der Waals surface area contributed by atoms with Crippen molar-refractivity contribution < 1.29 is 9.84 Å². The predicted octanol–water partition coefficient (Wildman–Crippen LogP) is 3.60. The first kappa shape index (κ1) is 14.0. The molecule has 1 atom stereocenters. The van der Waals surface area contributed by atoms with E-state index in [9.17, 15) is 5.11 Å². The van der Waals surface area contributed by atoms with E-state index in [0.29, 0.717) is 12.5 Å². The Hall–Kier alpha value is -1.02. The molecule has 0 aromatic heterocycles. The lowest BCUT2D eigenvalue weighted by Gasteiger charge is -2.27. The SMILES string of the molecule is CC(C)c1cccc(OCC(C)(O)C(C)C)c1. The van der Waals surface area contributed by atoms with Gasteiger partial charge in [-0.3, -0.25) is 0 Å². The fourth-order valence-electron chi connectivity index (χ4n) is 1.36. The van der Waals surface area contributed by atoms with E-state index in [0.717, 1.165) is 5.75 Å². The molecule has 1 unspecified atom stereocenters. The van der Waals surface area contributed by atoms with E-state index in [1.165, 1.54) is 5.56 Å². The maximum atomic E-state index is 10.1. The summed E-state index contributed by atoms with van der Waals surface area (Å²) in [6.07, 6.45) is 0. The lowest BCUT2D eigenvalue weighted by Crippen LogP contribution is -2.37. The van der Waals surface area contributed by atoms with Crippen LogP contribution in [-0.2, 0) is 0 Å². The minimum atomic E-state index is -0.784. The highest BCUT2D eigenvalue weighted by Gasteiger charge is 2.25. The van der Waals surface area contributed by atoms with Crippen molar-refractivity contribution in [3.63, 3.8) is 0 Å². The molecule has 0 amide bonds. The van der Waals surface area contributed by atoms with E-state index in [1.54, 1.807) is 0 Å². The van der Waals surface area contributed by atoms with Gasteiger partial charge in [0.25, 0.3) is 0 Å². The molecule has 0 saturated heterocycles. The summed E-state index contributed by atoms with van der Waals surface area (Å²) < 4.78 is 5.67. The zero-order valence-electron chi connectivity index (χ0n) is 11.5. The lowest BCUT2D eigenvalue weighted by atomic mass is 9.94. The summed E-state index contributed by atoms with van der Waals surface area (Å²) in [5.74, 6) is 1.50. The molecule has 1 aromatic carbocycles. The van der Waals surface area contributed by atoms with Crippen LogP contribution in [0.25, 0.3) is 0 Å². The van der Waals surface area contributed by atoms with Crippen molar-refractivity contribution in [2.45, 2.75) is 46.1 Å². The van der Waals surface area contributed by atoms with Crippen molar-refractivity contribution in [3.05, 3.63) is 29.8 Å². The second-order valence-electron chi connectivity index (χ2n) is 5.53. The van der Waals surface area contributed by atoms with Gasteiger partial charge in [0.2, 0.25) is 0 Å². The second kappa shape index (κ2) is 5.54. The van der Waals surface area contributed by atoms with Gasteiger partial charge >= 0.3 is 0 Å². The lowest BCUT2D eigenvalue weighted by molar-refractivity contribution is -0.0266. The maximum absolute atomic E-state index is 10.1. The van der Waals surface area contributed by atoms with Gasteiger partial charge in [-0.05, 0) is 36.5 Å². The van der Waals surface area contributed by atoms with Gasteiger partial charge in [-0.25, -0.2) is 0 Å². The van der Waals surface area contributed by atoms with Crippen molar-refractivity contribution in [3.8, 4) is 5.75 Å². The monoisotopic (exact) mass is 236 g/mol. The van der Waals surface area contributed by atoms with Crippen LogP contribution in [0.15, 0.2) is 24.3 Å². The van der Waals surface area contributed by atoms with Crippen molar-refractivity contribution >= 4 is 0 Å². The van der Waals surface area contributed by atoms with Crippen molar-refractivity contribution in [2.75, 3.05) is 6.61 Å². The van der Waals surface area contributed by atoms with E-state index >= 15 is 0 Å². The standard InChI is InChI=1S/C15H24O2/c1-11(2)13-7-6-8-14(9-13)17-10-15(5,16)12(3)4/h6-9,11-12,16H,10H2,1-5H3. The number of rotatable bonds is 5. The van der Waals surface area contributed by atoms with Gasteiger partial charge in [-0.1, -0.05) is 39.8 Å². The third-order valence-electron chi connectivity index (χ3n) is 3.30. The van der Waals surface area contributed by atoms with Gasteiger partial charge in [0.15, 0.2) is 0 Å². The van der Waals surface area contributed by atoms with Gasteiger partial charge in [0, 0.05) is 0 Å². The van der Waals surface area contributed by atoms with Gasteiger partial charge in [0.1, 0.15) is 12.4 Å². The van der Waals surface area contributed by atoms with Crippen LogP contribution in [0.4, 0.5) is 0 Å². The van der Waals surface area contributed by atoms with Gasteiger partial charge < -0.3 is 9.84 Å². The van der Waals surface area contributed by atoms with Crippen LogP contribution in [0.5, 0.6) is 5.75 Å².